The Balaban J connectivity index is 2.20. The number of benzene rings is 2. The van der Waals surface area contributed by atoms with Crippen molar-refractivity contribution in [3.8, 4) is 5.75 Å². The zero-order valence-corrected chi connectivity index (χ0v) is 14.2. The van der Waals surface area contributed by atoms with Crippen LogP contribution in [-0.2, 0) is 0 Å². The first-order valence-corrected chi connectivity index (χ1v) is 7.80. The third-order valence-electron chi connectivity index (χ3n) is 3.79. The average molecular weight is 313 g/mol. The van der Waals surface area contributed by atoms with E-state index in [4.69, 9.17) is 4.74 Å². The highest BCUT2D eigenvalue weighted by Crippen LogP contribution is 2.20. The maximum atomic E-state index is 12.6. The number of ether oxygens (including phenoxy) is 1. The normalized spacial score (nSPS) is 12.0. The van der Waals surface area contributed by atoms with Crippen molar-refractivity contribution in [1.29, 1.82) is 0 Å². The van der Waals surface area contributed by atoms with Gasteiger partial charge in [-0.1, -0.05) is 36.4 Å². The first kappa shape index (κ1) is 17.0. The molecule has 0 aliphatic carbocycles. The molecule has 0 radical (unpaired) electrons. The quantitative estimate of drug-likeness (QED) is 0.851. The number of nitrogens with one attached hydrogen (secondary N) is 2. The molecule has 23 heavy (non-hydrogen) atoms. The second-order valence-electron chi connectivity index (χ2n) is 6.03. The van der Waals surface area contributed by atoms with Gasteiger partial charge in [-0.15, -0.1) is 0 Å². The largest absolute Gasteiger partial charge is 0.496 e. The summed E-state index contributed by atoms with van der Waals surface area (Å²) in [7, 11) is 5.78. The van der Waals surface area contributed by atoms with Crippen molar-refractivity contribution < 1.29 is 14.4 Å². The van der Waals surface area contributed by atoms with E-state index in [-0.39, 0.29) is 11.9 Å². The molecule has 0 saturated heterocycles. The molecule has 2 aromatic carbocycles. The lowest BCUT2D eigenvalue weighted by atomic mass is 10.1. The van der Waals surface area contributed by atoms with Crippen LogP contribution < -0.4 is 15.0 Å². The van der Waals surface area contributed by atoms with Gasteiger partial charge in [-0.25, -0.2) is 0 Å². The van der Waals surface area contributed by atoms with E-state index < -0.39 is 0 Å². The summed E-state index contributed by atoms with van der Waals surface area (Å²) in [6.07, 6.45) is 0. The number of hydrogen-bond donors (Lipinski definition) is 2. The number of rotatable bonds is 6. The summed E-state index contributed by atoms with van der Waals surface area (Å²) in [5, 5.41) is 3.14. The maximum absolute atomic E-state index is 12.6. The molecule has 2 aromatic rings. The van der Waals surface area contributed by atoms with Crippen molar-refractivity contribution in [1.82, 2.24) is 5.32 Å². The molecule has 1 amide bonds. The Morgan fingerprint density at radius 3 is 2.48 bits per heavy atom. The fourth-order valence-corrected chi connectivity index (χ4v) is 2.55. The van der Waals surface area contributed by atoms with Crippen LogP contribution in [0.2, 0.25) is 0 Å². The van der Waals surface area contributed by atoms with Crippen LogP contribution in [-0.4, -0.2) is 33.7 Å². The Morgan fingerprint density at radius 2 is 1.87 bits per heavy atom. The minimum atomic E-state index is -0.0848. The molecule has 0 heterocycles. The molecule has 0 unspecified atom stereocenters. The van der Waals surface area contributed by atoms with Crippen LogP contribution in [0.15, 0.2) is 48.5 Å². The number of quaternary nitrogens is 1. The molecule has 0 saturated carbocycles. The van der Waals surface area contributed by atoms with Crippen molar-refractivity contribution in [2.24, 2.45) is 0 Å². The maximum Gasteiger partial charge on any atom is 0.252 e. The highest BCUT2D eigenvalue weighted by Gasteiger charge is 2.19. The second kappa shape index (κ2) is 7.79. The Labute approximate surface area is 138 Å². The minimum Gasteiger partial charge on any atom is -0.496 e. The van der Waals surface area contributed by atoms with E-state index in [9.17, 15) is 4.79 Å². The summed E-state index contributed by atoms with van der Waals surface area (Å²) in [5.41, 5.74) is 2.74. The topological polar surface area (TPSA) is 42.8 Å². The number of carbonyl (C=O) groups excluding carboxylic acids is 1. The van der Waals surface area contributed by atoms with Crippen LogP contribution >= 0.6 is 0 Å². The number of carbonyl (C=O) groups is 1. The average Bonchev–Trinajstić information content (AvgIpc) is 2.55. The Morgan fingerprint density at radius 1 is 1.17 bits per heavy atom. The van der Waals surface area contributed by atoms with Gasteiger partial charge in [-0.2, -0.15) is 0 Å². The lowest BCUT2D eigenvalue weighted by Gasteiger charge is -2.21. The summed E-state index contributed by atoms with van der Waals surface area (Å²) >= 11 is 0. The molecule has 4 nitrogen and oxygen atoms in total. The highest BCUT2D eigenvalue weighted by atomic mass is 16.5. The Hall–Kier alpha value is -2.33. The van der Waals surface area contributed by atoms with E-state index in [1.165, 1.54) is 4.90 Å². The van der Waals surface area contributed by atoms with Gasteiger partial charge in [-0.05, 0) is 30.2 Å². The summed E-state index contributed by atoms with van der Waals surface area (Å²) < 4.78 is 5.31. The van der Waals surface area contributed by atoms with Gasteiger partial charge in [0.25, 0.3) is 5.91 Å². The first-order chi connectivity index (χ1) is 11.0. The molecule has 1 atom stereocenters. The first-order valence-electron chi connectivity index (χ1n) is 7.80. The molecule has 0 aliphatic rings. The highest BCUT2D eigenvalue weighted by molar-refractivity contribution is 5.95. The van der Waals surface area contributed by atoms with E-state index in [2.05, 4.69) is 19.4 Å². The monoisotopic (exact) mass is 313 g/mol. The van der Waals surface area contributed by atoms with Gasteiger partial charge in [0.1, 0.15) is 18.3 Å². The molecule has 4 heteroatoms. The smallest absolute Gasteiger partial charge is 0.252 e. The van der Waals surface area contributed by atoms with Crippen molar-refractivity contribution in [3.63, 3.8) is 0 Å². The van der Waals surface area contributed by atoms with Crippen molar-refractivity contribution in [2.45, 2.75) is 13.0 Å². The van der Waals surface area contributed by atoms with Gasteiger partial charge in [0.15, 0.2) is 0 Å². The SMILES string of the molecule is COc1cc(C(=O)N[C@@H](C[NH+](C)C)c2ccccc2)ccc1C. The molecular weight excluding hydrogens is 288 g/mol. The number of aryl methyl sites for hydroxylation is 1. The van der Waals surface area contributed by atoms with Gasteiger partial charge < -0.3 is 15.0 Å². The van der Waals surface area contributed by atoms with Crippen LogP contribution in [0.3, 0.4) is 0 Å². The number of amides is 1. The Bertz CT molecular complexity index is 654. The van der Waals surface area contributed by atoms with Gasteiger partial charge in [-0.3, -0.25) is 4.79 Å². The van der Waals surface area contributed by atoms with E-state index in [0.29, 0.717) is 5.56 Å². The molecular formula is C19H25N2O2+. The summed E-state index contributed by atoms with van der Waals surface area (Å²) in [6, 6.07) is 15.6. The van der Waals surface area contributed by atoms with Crippen molar-refractivity contribution >= 4 is 5.91 Å². The molecule has 122 valence electrons. The lowest BCUT2D eigenvalue weighted by Crippen LogP contribution is -3.06. The molecule has 0 fully saturated rings. The van der Waals surface area contributed by atoms with E-state index in [1.54, 1.807) is 13.2 Å². The summed E-state index contributed by atoms with van der Waals surface area (Å²) in [5.74, 6) is 0.644. The van der Waals surface area contributed by atoms with Crippen LogP contribution in [0.1, 0.15) is 27.5 Å². The minimum absolute atomic E-state index is 0.0269. The van der Waals surface area contributed by atoms with Crippen molar-refractivity contribution in [2.75, 3.05) is 27.7 Å². The molecule has 2 rings (SSSR count). The number of methoxy groups -OCH3 is 1. The predicted octanol–water partition coefficient (Wildman–Crippen LogP) is 1.62. The van der Waals surface area contributed by atoms with E-state index in [1.807, 2.05) is 49.4 Å². The lowest BCUT2D eigenvalue weighted by molar-refractivity contribution is -0.860. The fraction of sp³-hybridized carbons (Fsp3) is 0.316. The molecule has 0 aromatic heterocycles. The standard InChI is InChI=1S/C19H24N2O2/c1-14-10-11-16(12-18(14)23-4)19(22)20-17(13-21(2)3)15-8-6-5-7-9-15/h5-12,17H,13H2,1-4H3,(H,20,22)/p+1/t17-/m0/s1. The van der Waals surface area contributed by atoms with Gasteiger partial charge in [0, 0.05) is 5.56 Å². The van der Waals surface area contributed by atoms with Crippen LogP contribution in [0.4, 0.5) is 0 Å². The van der Waals surface area contributed by atoms with Crippen LogP contribution in [0.5, 0.6) is 5.75 Å². The zero-order valence-electron chi connectivity index (χ0n) is 14.2. The van der Waals surface area contributed by atoms with Gasteiger partial charge >= 0.3 is 0 Å². The molecule has 0 bridgehead atoms. The van der Waals surface area contributed by atoms with Gasteiger partial charge in [0.2, 0.25) is 0 Å². The zero-order chi connectivity index (χ0) is 16.8. The van der Waals surface area contributed by atoms with Crippen molar-refractivity contribution in [3.05, 3.63) is 65.2 Å². The molecule has 2 N–H and O–H groups in total. The van der Waals surface area contributed by atoms with Crippen LogP contribution in [0, 0.1) is 6.92 Å². The fourth-order valence-electron chi connectivity index (χ4n) is 2.55. The van der Waals surface area contributed by atoms with E-state index in [0.717, 1.165) is 23.4 Å². The molecule has 0 aliphatic heterocycles. The van der Waals surface area contributed by atoms with E-state index >= 15 is 0 Å². The second-order valence-corrected chi connectivity index (χ2v) is 6.03. The Kier molecular flexibility index (Phi) is 5.77. The summed E-state index contributed by atoms with van der Waals surface area (Å²) in [6.45, 7) is 2.78. The molecule has 0 spiro atoms. The predicted molar refractivity (Wildman–Crippen MR) is 92.1 cm³/mol. The summed E-state index contributed by atoms with van der Waals surface area (Å²) in [4.78, 5) is 13.9. The van der Waals surface area contributed by atoms with Gasteiger partial charge in [0.05, 0.1) is 21.2 Å². The van der Waals surface area contributed by atoms with Crippen LogP contribution in [0.25, 0.3) is 0 Å². The third-order valence-corrected chi connectivity index (χ3v) is 3.79. The third kappa shape index (κ3) is 4.57. The number of hydrogen-bond acceptors (Lipinski definition) is 2. The number of likely N-dealkylation sites (N-methyl/N-ethyl adjacent to an activating group) is 1.